The van der Waals surface area contributed by atoms with E-state index < -0.39 is 5.97 Å². The third-order valence-corrected chi connectivity index (χ3v) is 4.52. The Morgan fingerprint density at radius 2 is 1.96 bits per heavy atom. The predicted octanol–water partition coefficient (Wildman–Crippen LogP) is 4.13. The first kappa shape index (κ1) is 16.8. The summed E-state index contributed by atoms with van der Waals surface area (Å²) in [5.74, 6) is -0.935. The maximum absolute atomic E-state index is 12.5. The van der Waals surface area contributed by atoms with Gasteiger partial charge in [0, 0.05) is 16.8 Å². The minimum atomic E-state index is -0.670. The summed E-state index contributed by atoms with van der Waals surface area (Å²) in [6.07, 6.45) is 0.788. The molecule has 1 heterocycles. The number of esters is 1. The normalized spacial score (nSPS) is 16.0. The fraction of sp³-hybridized carbons (Fsp3) is 0.222. The second kappa shape index (κ2) is 6.83. The first-order valence-corrected chi connectivity index (χ1v) is 8.25. The maximum atomic E-state index is 12.5. The summed E-state index contributed by atoms with van der Waals surface area (Å²) >= 11 is 11.8. The smallest absolute Gasteiger partial charge is 0.340 e. The lowest BCUT2D eigenvalue weighted by atomic mass is 10.1. The Hall–Kier alpha value is -2.04. The lowest BCUT2D eigenvalue weighted by Gasteiger charge is -2.22. The molecule has 0 aromatic heterocycles. The van der Waals surface area contributed by atoms with Crippen LogP contribution in [0.5, 0.6) is 0 Å². The Morgan fingerprint density at radius 1 is 1.21 bits per heavy atom. The van der Waals surface area contributed by atoms with Gasteiger partial charge in [-0.25, -0.2) is 4.79 Å². The van der Waals surface area contributed by atoms with Crippen molar-refractivity contribution >= 4 is 40.8 Å². The number of anilines is 1. The van der Waals surface area contributed by atoms with Crippen LogP contribution in [0.25, 0.3) is 0 Å². The van der Waals surface area contributed by atoms with Gasteiger partial charge in [-0.15, -0.1) is 0 Å². The molecule has 0 bridgehead atoms. The minimum Gasteiger partial charge on any atom is -0.452 e. The molecule has 24 heavy (non-hydrogen) atoms. The van der Waals surface area contributed by atoms with Crippen molar-refractivity contribution in [3.05, 3.63) is 63.6 Å². The van der Waals surface area contributed by atoms with Gasteiger partial charge >= 0.3 is 5.97 Å². The number of halogens is 2. The number of hydrogen-bond donors (Lipinski definition) is 0. The number of hydrogen-bond acceptors (Lipinski definition) is 3. The molecule has 0 unspecified atom stereocenters. The highest BCUT2D eigenvalue weighted by Crippen LogP contribution is 2.31. The molecule has 0 radical (unpaired) electrons. The van der Waals surface area contributed by atoms with E-state index in [1.807, 2.05) is 31.2 Å². The van der Waals surface area contributed by atoms with Gasteiger partial charge in [0.15, 0.2) is 6.61 Å². The van der Waals surface area contributed by atoms with Crippen molar-refractivity contribution in [2.45, 2.75) is 19.4 Å². The van der Waals surface area contributed by atoms with Gasteiger partial charge in [-0.2, -0.15) is 0 Å². The van der Waals surface area contributed by atoms with Gasteiger partial charge in [0.1, 0.15) is 0 Å². The molecule has 124 valence electrons. The average Bonchev–Trinajstić information content (AvgIpc) is 2.90. The van der Waals surface area contributed by atoms with Crippen LogP contribution in [0, 0.1) is 0 Å². The zero-order valence-corrected chi connectivity index (χ0v) is 14.5. The van der Waals surface area contributed by atoms with Gasteiger partial charge in [-0.3, -0.25) is 4.79 Å². The number of nitrogens with zero attached hydrogens (tertiary/aromatic N) is 1. The molecule has 1 atom stereocenters. The topological polar surface area (TPSA) is 46.6 Å². The quantitative estimate of drug-likeness (QED) is 0.770. The zero-order chi connectivity index (χ0) is 17.3. The summed E-state index contributed by atoms with van der Waals surface area (Å²) in [5.41, 5.74) is 2.13. The van der Waals surface area contributed by atoms with E-state index in [-0.39, 0.29) is 29.1 Å². The fourth-order valence-corrected chi connectivity index (χ4v) is 3.24. The van der Waals surface area contributed by atoms with Crippen LogP contribution < -0.4 is 4.90 Å². The van der Waals surface area contributed by atoms with Crippen LogP contribution in [-0.4, -0.2) is 24.5 Å². The summed E-state index contributed by atoms with van der Waals surface area (Å²) in [6.45, 7) is 1.62. The molecule has 2 aromatic carbocycles. The number of carbonyl (C=O) groups excluding carboxylic acids is 2. The first-order valence-electron chi connectivity index (χ1n) is 7.49. The molecule has 0 spiro atoms. The molecule has 1 aliphatic rings. The summed E-state index contributed by atoms with van der Waals surface area (Å²) in [5, 5.41) is 0.608. The largest absolute Gasteiger partial charge is 0.452 e. The van der Waals surface area contributed by atoms with Crippen LogP contribution in [-0.2, 0) is 16.0 Å². The van der Waals surface area contributed by atoms with Gasteiger partial charge < -0.3 is 9.64 Å². The lowest BCUT2D eigenvalue weighted by molar-refractivity contribution is -0.122. The highest BCUT2D eigenvalue weighted by molar-refractivity contribution is 6.35. The zero-order valence-electron chi connectivity index (χ0n) is 13.0. The molecule has 0 saturated heterocycles. The van der Waals surface area contributed by atoms with Crippen molar-refractivity contribution in [3.8, 4) is 0 Å². The van der Waals surface area contributed by atoms with Gasteiger partial charge in [-0.1, -0.05) is 41.4 Å². The van der Waals surface area contributed by atoms with Crippen LogP contribution in [0.15, 0.2) is 42.5 Å². The van der Waals surface area contributed by atoms with Crippen LogP contribution >= 0.6 is 23.2 Å². The third-order valence-electron chi connectivity index (χ3n) is 3.95. The highest BCUT2D eigenvalue weighted by atomic mass is 35.5. The molecule has 0 N–H and O–H groups in total. The number of rotatable bonds is 3. The van der Waals surface area contributed by atoms with Crippen molar-refractivity contribution in [1.29, 1.82) is 0 Å². The van der Waals surface area contributed by atoms with E-state index in [2.05, 4.69) is 0 Å². The second-order valence-electron chi connectivity index (χ2n) is 5.65. The van der Waals surface area contributed by atoms with E-state index in [1.165, 1.54) is 12.1 Å². The summed E-state index contributed by atoms with van der Waals surface area (Å²) in [4.78, 5) is 26.3. The first-order chi connectivity index (χ1) is 11.5. The van der Waals surface area contributed by atoms with Crippen molar-refractivity contribution in [2.24, 2.45) is 0 Å². The van der Waals surface area contributed by atoms with Gasteiger partial charge in [0.2, 0.25) is 0 Å². The van der Waals surface area contributed by atoms with Gasteiger partial charge in [0.05, 0.1) is 10.6 Å². The molecule has 1 aliphatic heterocycles. The predicted molar refractivity (Wildman–Crippen MR) is 93.8 cm³/mol. The number of para-hydroxylation sites is 1. The molecule has 3 rings (SSSR count). The van der Waals surface area contributed by atoms with E-state index in [0.29, 0.717) is 5.02 Å². The third kappa shape index (κ3) is 3.25. The molecule has 0 fully saturated rings. The standard InChI is InChI=1S/C18H15Cl2NO3/c1-11-8-12-4-2-3-5-16(12)21(11)17(22)10-24-18(23)14-9-13(19)6-7-15(14)20/h2-7,9,11H,8,10H2,1H3/t11-/m0/s1. The maximum Gasteiger partial charge on any atom is 0.340 e. The number of benzene rings is 2. The van der Waals surface area contributed by atoms with E-state index in [9.17, 15) is 9.59 Å². The van der Waals surface area contributed by atoms with E-state index >= 15 is 0 Å². The number of carbonyl (C=O) groups is 2. The average molecular weight is 364 g/mol. The van der Waals surface area contributed by atoms with Crippen LogP contribution in [0.4, 0.5) is 5.69 Å². The Kier molecular flexibility index (Phi) is 4.78. The van der Waals surface area contributed by atoms with Crippen LogP contribution in [0.1, 0.15) is 22.8 Å². The van der Waals surface area contributed by atoms with E-state index in [0.717, 1.165) is 17.7 Å². The molecule has 2 aromatic rings. The van der Waals surface area contributed by atoms with Crippen molar-refractivity contribution < 1.29 is 14.3 Å². The van der Waals surface area contributed by atoms with Gasteiger partial charge in [0.25, 0.3) is 5.91 Å². The van der Waals surface area contributed by atoms with Crippen molar-refractivity contribution in [1.82, 2.24) is 0 Å². The summed E-state index contributed by atoms with van der Waals surface area (Å²) < 4.78 is 5.13. The minimum absolute atomic E-state index is 0.0309. The number of amides is 1. The molecular formula is C18H15Cl2NO3. The Labute approximate surface area is 149 Å². The van der Waals surface area contributed by atoms with Crippen molar-refractivity contribution in [3.63, 3.8) is 0 Å². The monoisotopic (exact) mass is 363 g/mol. The van der Waals surface area contributed by atoms with Crippen LogP contribution in [0.2, 0.25) is 10.0 Å². The molecule has 0 saturated carbocycles. The molecule has 0 aliphatic carbocycles. The summed E-state index contributed by atoms with van der Waals surface area (Å²) in [6, 6.07) is 12.3. The highest BCUT2D eigenvalue weighted by Gasteiger charge is 2.31. The molecular weight excluding hydrogens is 349 g/mol. The Balaban J connectivity index is 1.70. The molecule has 1 amide bonds. The Bertz CT molecular complexity index is 807. The Morgan fingerprint density at radius 3 is 2.75 bits per heavy atom. The molecule has 4 nitrogen and oxygen atoms in total. The second-order valence-corrected chi connectivity index (χ2v) is 6.49. The van der Waals surface area contributed by atoms with E-state index in [4.69, 9.17) is 27.9 Å². The van der Waals surface area contributed by atoms with E-state index in [1.54, 1.807) is 11.0 Å². The fourth-order valence-electron chi connectivity index (χ4n) is 2.87. The summed E-state index contributed by atoms with van der Waals surface area (Å²) in [7, 11) is 0. The number of ether oxygens (including phenoxy) is 1. The van der Waals surface area contributed by atoms with Crippen molar-refractivity contribution in [2.75, 3.05) is 11.5 Å². The SMILES string of the molecule is C[C@H]1Cc2ccccc2N1C(=O)COC(=O)c1cc(Cl)ccc1Cl. The molecule has 6 heteroatoms. The number of fused-ring (bicyclic) bond motifs is 1. The van der Waals surface area contributed by atoms with Crippen LogP contribution in [0.3, 0.4) is 0 Å². The lowest BCUT2D eigenvalue weighted by Crippen LogP contribution is -2.38. The van der Waals surface area contributed by atoms with Gasteiger partial charge in [-0.05, 0) is 43.2 Å².